The number of fused-ring (bicyclic) bond motifs is 1. The number of hydrogen-bond acceptors (Lipinski definition) is 8. The van der Waals surface area contributed by atoms with Crippen LogP contribution in [0.4, 0.5) is 5.69 Å². The number of carbonyl (C=O) groups is 1. The van der Waals surface area contributed by atoms with Crippen molar-refractivity contribution >= 4 is 33.0 Å². The minimum Gasteiger partial charge on any atom is -0.454 e. The predicted octanol–water partition coefficient (Wildman–Crippen LogP) is 3.66. The normalized spacial score (nSPS) is 17.9. The van der Waals surface area contributed by atoms with E-state index in [0.717, 1.165) is 22.5 Å². The van der Waals surface area contributed by atoms with Gasteiger partial charge in [0.1, 0.15) is 5.01 Å². The van der Waals surface area contributed by atoms with E-state index in [1.54, 1.807) is 30.3 Å². The van der Waals surface area contributed by atoms with Crippen LogP contribution in [-0.4, -0.2) is 42.2 Å². The number of benzene rings is 2. The molecular formula is C22H22N4O5S2. The summed E-state index contributed by atoms with van der Waals surface area (Å²) in [7, 11) is -3.70. The van der Waals surface area contributed by atoms with Crippen molar-refractivity contribution in [1.82, 2.24) is 14.5 Å². The van der Waals surface area contributed by atoms with Gasteiger partial charge >= 0.3 is 0 Å². The SMILES string of the molecule is Cc1cc(C)cc(S(=O)(=O)N2CCC[C@@H]2c2nnc(C(=O)Nc3ccc4c(c3)OCO4)s2)c1. The maximum Gasteiger partial charge on any atom is 0.286 e. The standard InChI is InChI=1S/C22H22N4O5S2/c1-13-8-14(2)10-16(9-13)33(28,29)26-7-3-4-17(26)21-24-25-22(32-21)20(27)23-15-5-6-18-19(11-15)31-12-30-18/h5-6,8-11,17H,3-4,7,12H2,1-2H3,(H,23,27)/t17-/m1/s1. The first-order chi connectivity index (χ1) is 15.8. The first kappa shape index (κ1) is 21.8. The molecule has 0 unspecified atom stereocenters. The Morgan fingerprint density at radius 2 is 1.85 bits per heavy atom. The Hall–Kier alpha value is -3.02. The topological polar surface area (TPSA) is 111 Å². The average Bonchev–Trinajstić information content (AvgIpc) is 3.52. The highest BCUT2D eigenvalue weighted by molar-refractivity contribution is 7.89. The second-order valence-corrected chi connectivity index (χ2v) is 11.0. The van der Waals surface area contributed by atoms with Crippen LogP contribution in [0.1, 0.15) is 44.8 Å². The zero-order valence-corrected chi connectivity index (χ0v) is 19.7. The first-order valence-electron chi connectivity index (χ1n) is 10.5. The molecule has 172 valence electrons. The van der Waals surface area contributed by atoms with Crippen molar-refractivity contribution in [2.75, 3.05) is 18.7 Å². The number of hydrogen-bond donors (Lipinski definition) is 1. The average molecular weight is 487 g/mol. The van der Waals surface area contributed by atoms with Gasteiger partial charge in [0.05, 0.1) is 10.9 Å². The van der Waals surface area contributed by atoms with Crippen molar-refractivity contribution in [2.24, 2.45) is 0 Å². The van der Waals surface area contributed by atoms with Crippen molar-refractivity contribution in [2.45, 2.75) is 37.6 Å². The summed E-state index contributed by atoms with van der Waals surface area (Å²) in [4.78, 5) is 13.0. The maximum absolute atomic E-state index is 13.4. The van der Waals surface area contributed by atoms with Crippen LogP contribution in [0.5, 0.6) is 11.5 Å². The molecule has 3 heterocycles. The monoisotopic (exact) mass is 486 g/mol. The summed E-state index contributed by atoms with van der Waals surface area (Å²) in [6.45, 7) is 4.31. The Morgan fingerprint density at radius 1 is 1.09 bits per heavy atom. The first-order valence-corrected chi connectivity index (χ1v) is 12.7. The molecule has 9 nitrogen and oxygen atoms in total. The van der Waals surface area contributed by atoms with E-state index in [0.29, 0.717) is 41.6 Å². The van der Waals surface area contributed by atoms with E-state index in [4.69, 9.17) is 9.47 Å². The summed E-state index contributed by atoms with van der Waals surface area (Å²) < 4.78 is 38.8. The molecule has 0 spiro atoms. The third-order valence-electron chi connectivity index (χ3n) is 5.56. The molecule has 1 fully saturated rings. The molecule has 0 aliphatic carbocycles. The number of amides is 1. The Balaban J connectivity index is 1.35. The molecule has 2 aliphatic heterocycles. The number of ether oxygens (including phenoxy) is 2. The largest absolute Gasteiger partial charge is 0.454 e. The highest BCUT2D eigenvalue weighted by atomic mass is 32.2. The van der Waals surface area contributed by atoms with Crippen LogP contribution in [-0.2, 0) is 10.0 Å². The molecule has 1 atom stereocenters. The van der Waals surface area contributed by atoms with Crippen LogP contribution >= 0.6 is 11.3 Å². The third kappa shape index (κ3) is 4.19. The van der Waals surface area contributed by atoms with Crippen molar-refractivity contribution < 1.29 is 22.7 Å². The van der Waals surface area contributed by atoms with Gasteiger partial charge in [-0.3, -0.25) is 4.79 Å². The second kappa shape index (κ2) is 8.40. The number of anilines is 1. The van der Waals surface area contributed by atoms with Gasteiger partial charge in [-0.25, -0.2) is 8.42 Å². The minimum absolute atomic E-state index is 0.148. The van der Waals surface area contributed by atoms with Crippen molar-refractivity contribution in [3.63, 3.8) is 0 Å². The quantitative estimate of drug-likeness (QED) is 0.586. The van der Waals surface area contributed by atoms with Crippen LogP contribution in [0.15, 0.2) is 41.3 Å². The van der Waals surface area contributed by atoms with Gasteiger partial charge in [0, 0.05) is 18.3 Å². The molecule has 1 amide bonds. The fourth-order valence-electron chi connectivity index (χ4n) is 4.11. The molecule has 2 aliphatic rings. The van der Waals surface area contributed by atoms with E-state index in [1.165, 1.54) is 4.31 Å². The van der Waals surface area contributed by atoms with Crippen molar-refractivity contribution in [3.05, 3.63) is 57.5 Å². The molecule has 1 N–H and O–H groups in total. The number of carbonyl (C=O) groups excluding carboxylic acids is 1. The van der Waals surface area contributed by atoms with E-state index in [-0.39, 0.29) is 16.7 Å². The number of aromatic nitrogens is 2. The van der Waals surface area contributed by atoms with Gasteiger partial charge in [-0.05, 0) is 62.1 Å². The summed E-state index contributed by atoms with van der Waals surface area (Å²) in [5, 5.41) is 11.6. The van der Waals surface area contributed by atoms with Gasteiger partial charge in [-0.2, -0.15) is 4.31 Å². The number of rotatable bonds is 5. The van der Waals surface area contributed by atoms with Gasteiger partial charge in [-0.1, -0.05) is 17.4 Å². The van der Waals surface area contributed by atoms with Gasteiger partial charge in [0.25, 0.3) is 5.91 Å². The van der Waals surface area contributed by atoms with Crippen molar-refractivity contribution in [3.8, 4) is 11.5 Å². The van der Waals surface area contributed by atoms with Crippen LogP contribution < -0.4 is 14.8 Å². The van der Waals surface area contributed by atoms with Crippen LogP contribution in [0.2, 0.25) is 0 Å². The fourth-order valence-corrected chi connectivity index (χ4v) is 6.91. The van der Waals surface area contributed by atoms with E-state index in [2.05, 4.69) is 15.5 Å². The summed E-state index contributed by atoms with van der Waals surface area (Å²) in [5.41, 5.74) is 2.33. The molecule has 11 heteroatoms. The summed E-state index contributed by atoms with van der Waals surface area (Å²) in [6.07, 6.45) is 1.34. The molecule has 0 radical (unpaired) electrons. The number of aryl methyl sites for hydroxylation is 2. The fraction of sp³-hybridized carbons (Fsp3) is 0.318. The van der Waals surface area contributed by atoms with Gasteiger partial charge in [-0.15, -0.1) is 10.2 Å². The molecule has 1 aromatic heterocycles. The van der Waals surface area contributed by atoms with Crippen molar-refractivity contribution in [1.29, 1.82) is 0 Å². The Labute approximate surface area is 195 Å². The lowest BCUT2D eigenvalue weighted by Crippen LogP contribution is -2.30. The molecule has 3 aromatic rings. The lowest BCUT2D eigenvalue weighted by Gasteiger charge is -2.22. The van der Waals surface area contributed by atoms with Gasteiger partial charge in [0.15, 0.2) is 11.5 Å². The lowest BCUT2D eigenvalue weighted by atomic mass is 10.2. The van der Waals surface area contributed by atoms with E-state index in [1.807, 2.05) is 19.9 Å². The number of sulfonamides is 1. The molecule has 0 saturated carbocycles. The van der Waals surface area contributed by atoms with Gasteiger partial charge in [0.2, 0.25) is 21.8 Å². The zero-order valence-electron chi connectivity index (χ0n) is 18.1. The Morgan fingerprint density at radius 3 is 2.64 bits per heavy atom. The molecule has 5 rings (SSSR count). The Kier molecular flexibility index (Phi) is 5.55. The molecule has 2 aromatic carbocycles. The molecular weight excluding hydrogens is 464 g/mol. The van der Waals surface area contributed by atoms with E-state index < -0.39 is 22.0 Å². The van der Waals surface area contributed by atoms with Gasteiger partial charge < -0.3 is 14.8 Å². The minimum atomic E-state index is -3.70. The van der Waals surface area contributed by atoms with E-state index >= 15 is 0 Å². The molecule has 0 bridgehead atoms. The number of nitrogens with one attached hydrogen (secondary N) is 1. The second-order valence-electron chi connectivity index (χ2n) is 8.06. The van der Waals surface area contributed by atoms with Crippen LogP contribution in [0.25, 0.3) is 0 Å². The maximum atomic E-state index is 13.4. The van der Waals surface area contributed by atoms with Crippen LogP contribution in [0, 0.1) is 13.8 Å². The summed E-state index contributed by atoms with van der Waals surface area (Å²) >= 11 is 1.11. The predicted molar refractivity (Wildman–Crippen MR) is 122 cm³/mol. The third-order valence-corrected chi connectivity index (χ3v) is 8.47. The smallest absolute Gasteiger partial charge is 0.286 e. The zero-order chi connectivity index (χ0) is 23.2. The Bertz CT molecular complexity index is 1320. The number of nitrogens with zero attached hydrogens (tertiary/aromatic N) is 3. The molecule has 33 heavy (non-hydrogen) atoms. The van der Waals surface area contributed by atoms with Crippen LogP contribution in [0.3, 0.4) is 0 Å². The summed E-state index contributed by atoms with van der Waals surface area (Å²) in [5.74, 6) is 0.765. The lowest BCUT2D eigenvalue weighted by molar-refractivity contribution is 0.102. The van der Waals surface area contributed by atoms with E-state index in [9.17, 15) is 13.2 Å². The summed E-state index contributed by atoms with van der Waals surface area (Å²) in [6, 6.07) is 9.97. The highest BCUT2D eigenvalue weighted by Gasteiger charge is 2.38. The highest BCUT2D eigenvalue weighted by Crippen LogP contribution is 2.38. The molecule has 1 saturated heterocycles.